The van der Waals surface area contributed by atoms with Gasteiger partial charge in [-0.05, 0) is 73.1 Å². The SMILES string of the molecule is CC1(C)CCc2ccc(-c3cc4nccc(NC5CCC(CCOS(N)(=O)=O)C5)n4n3)cc21. The van der Waals surface area contributed by atoms with Crippen molar-refractivity contribution < 1.29 is 12.6 Å². The maximum atomic E-state index is 11.0. The molecule has 0 saturated heterocycles. The lowest BCUT2D eigenvalue weighted by atomic mass is 9.85. The topological polar surface area (TPSA) is 112 Å². The van der Waals surface area contributed by atoms with Gasteiger partial charge in [-0.25, -0.2) is 10.1 Å². The molecule has 3 aromatic rings. The standard InChI is InChI=1S/C24H31N5O3S/c1-24(2)10-7-17-4-5-18(14-20(17)24)21-15-23-26-11-8-22(29(23)28-21)27-19-6-3-16(13-19)9-12-32-33(25,30)31/h4-5,8,11,14-16,19,27H,3,6-7,9-10,12-13H2,1-2H3,(H2,25,30,31). The predicted octanol–water partition coefficient (Wildman–Crippen LogP) is 3.81. The molecule has 0 spiro atoms. The number of rotatable bonds is 7. The second kappa shape index (κ2) is 8.38. The van der Waals surface area contributed by atoms with Crippen LogP contribution in [-0.2, 0) is 26.3 Å². The van der Waals surface area contributed by atoms with Crippen LogP contribution in [0.5, 0.6) is 0 Å². The lowest BCUT2D eigenvalue weighted by molar-refractivity contribution is 0.282. The number of aromatic nitrogens is 3. The van der Waals surface area contributed by atoms with E-state index in [0.717, 1.165) is 48.4 Å². The van der Waals surface area contributed by atoms with Crippen molar-refractivity contribution in [3.8, 4) is 11.3 Å². The first kappa shape index (κ1) is 22.3. The molecular weight excluding hydrogens is 438 g/mol. The van der Waals surface area contributed by atoms with Crippen LogP contribution in [0.3, 0.4) is 0 Å². The Labute approximate surface area is 194 Å². The van der Waals surface area contributed by atoms with Crippen molar-refractivity contribution in [3.05, 3.63) is 47.7 Å². The Kier molecular flexibility index (Phi) is 5.66. The number of hydrogen-bond donors (Lipinski definition) is 2. The van der Waals surface area contributed by atoms with Crippen LogP contribution in [0, 0.1) is 5.92 Å². The maximum absolute atomic E-state index is 11.0. The largest absolute Gasteiger partial charge is 0.367 e. The fourth-order valence-electron chi connectivity index (χ4n) is 5.32. The molecule has 2 unspecified atom stereocenters. The third-order valence-corrected chi connectivity index (χ3v) is 7.67. The van der Waals surface area contributed by atoms with Crippen molar-refractivity contribution in [2.45, 2.75) is 63.8 Å². The van der Waals surface area contributed by atoms with Gasteiger partial charge in [0.2, 0.25) is 0 Å². The zero-order chi connectivity index (χ0) is 23.2. The van der Waals surface area contributed by atoms with E-state index >= 15 is 0 Å². The first-order valence-electron chi connectivity index (χ1n) is 11.6. The second-order valence-corrected chi connectivity index (χ2v) is 11.2. The van der Waals surface area contributed by atoms with E-state index < -0.39 is 10.3 Å². The van der Waals surface area contributed by atoms with Gasteiger partial charge in [0.1, 0.15) is 5.82 Å². The van der Waals surface area contributed by atoms with Gasteiger partial charge < -0.3 is 5.32 Å². The number of anilines is 1. The van der Waals surface area contributed by atoms with Gasteiger partial charge in [0.05, 0.1) is 12.3 Å². The van der Waals surface area contributed by atoms with Gasteiger partial charge in [0.15, 0.2) is 5.65 Å². The molecule has 9 heteroatoms. The highest BCUT2D eigenvalue weighted by atomic mass is 32.2. The number of fused-ring (bicyclic) bond motifs is 2. The lowest BCUT2D eigenvalue weighted by Crippen LogP contribution is -2.19. The summed E-state index contributed by atoms with van der Waals surface area (Å²) in [6, 6.07) is 11.0. The zero-order valence-electron chi connectivity index (χ0n) is 19.1. The number of nitrogens with two attached hydrogens (primary N) is 1. The molecule has 2 heterocycles. The van der Waals surface area contributed by atoms with Crippen LogP contribution in [0.25, 0.3) is 16.9 Å². The number of hydrogen-bond acceptors (Lipinski definition) is 6. The minimum atomic E-state index is -3.87. The summed E-state index contributed by atoms with van der Waals surface area (Å²) in [6.45, 7) is 4.76. The molecule has 33 heavy (non-hydrogen) atoms. The van der Waals surface area contributed by atoms with Gasteiger partial charge >= 0.3 is 10.3 Å². The molecule has 1 saturated carbocycles. The summed E-state index contributed by atoms with van der Waals surface area (Å²) in [7, 11) is -3.87. The Morgan fingerprint density at radius 1 is 1.24 bits per heavy atom. The van der Waals surface area contributed by atoms with Crippen LogP contribution in [0.4, 0.5) is 5.82 Å². The van der Waals surface area contributed by atoms with E-state index in [1.807, 2.05) is 16.6 Å². The minimum absolute atomic E-state index is 0.135. The highest BCUT2D eigenvalue weighted by molar-refractivity contribution is 7.84. The Bertz CT molecular complexity index is 1280. The molecule has 176 valence electrons. The van der Waals surface area contributed by atoms with Crippen LogP contribution >= 0.6 is 0 Å². The summed E-state index contributed by atoms with van der Waals surface area (Å²) in [6.07, 6.45) is 7.80. The van der Waals surface area contributed by atoms with Crippen molar-refractivity contribution in [3.63, 3.8) is 0 Å². The van der Waals surface area contributed by atoms with Crippen molar-refractivity contribution in [1.82, 2.24) is 14.6 Å². The van der Waals surface area contributed by atoms with E-state index in [0.29, 0.717) is 18.4 Å². The molecule has 2 aromatic heterocycles. The molecule has 5 rings (SSSR count). The summed E-state index contributed by atoms with van der Waals surface area (Å²) >= 11 is 0. The fourth-order valence-corrected chi connectivity index (χ4v) is 5.65. The van der Waals surface area contributed by atoms with E-state index in [4.69, 9.17) is 14.4 Å². The summed E-state index contributed by atoms with van der Waals surface area (Å²) in [5.41, 5.74) is 5.92. The van der Waals surface area contributed by atoms with Crippen molar-refractivity contribution >= 4 is 21.8 Å². The van der Waals surface area contributed by atoms with Crippen molar-refractivity contribution in [2.75, 3.05) is 11.9 Å². The summed E-state index contributed by atoms with van der Waals surface area (Å²) in [4.78, 5) is 4.52. The average Bonchev–Trinajstić information content (AvgIpc) is 3.45. The zero-order valence-corrected chi connectivity index (χ0v) is 19.9. The number of nitrogens with zero attached hydrogens (tertiary/aromatic N) is 3. The molecule has 3 N–H and O–H groups in total. The molecule has 1 aromatic carbocycles. The first-order valence-corrected chi connectivity index (χ1v) is 13.1. The van der Waals surface area contributed by atoms with Crippen LogP contribution < -0.4 is 10.5 Å². The minimum Gasteiger partial charge on any atom is -0.367 e. The molecule has 1 fully saturated rings. The van der Waals surface area contributed by atoms with Gasteiger partial charge in [-0.1, -0.05) is 26.0 Å². The number of nitrogens with one attached hydrogen (secondary N) is 1. The molecule has 2 aliphatic rings. The number of aryl methyl sites for hydroxylation is 1. The molecule has 0 aliphatic heterocycles. The Hall–Kier alpha value is -2.49. The third-order valence-electron chi connectivity index (χ3n) is 7.18. The Morgan fingerprint density at radius 2 is 2.09 bits per heavy atom. The van der Waals surface area contributed by atoms with Crippen LogP contribution in [0.2, 0.25) is 0 Å². The number of benzene rings is 1. The van der Waals surface area contributed by atoms with E-state index in [1.165, 1.54) is 17.5 Å². The molecular formula is C24H31N5O3S. The van der Waals surface area contributed by atoms with E-state index in [-0.39, 0.29) is 12.0 Å². The molecule has 8 nitrogen and oxygen atoms in total. The van der Waals surface area contributed by atoms with E-state index in [1.54, 1.807) is 6.20 Å². The average molecular weight is 470 g/mol. The summed E-state index contributed by atoms with van der Waals surface area (Å²) < 4.78 is 28.5. The smallest absolute Gasteiger partial charge is 0.333 e. The summed E-state index contributed by atoms with van der Waals surface area (Å²) in [5.74, 6) is 1.32. The van der Waals surface area contributed by atoms with Gasteiger partial charge in [-0.15, -0.1) is 0 Å². The van der Waals surface area contributed by atoms with Gasteiger partial charge in [0.25, 0.3) is 0 Å². The Balaban J connectivity index is 1.31. The van der Waals surface area contributed by atoms with E-state index in [9.17, 15) is 8.42 Å². The van der Waals surface area contributed by atoms with Gasteiger partial charge in [-0.3, -0.25) is 4.18 Å². The van der Waals surface area contributed by atoms with Crippen LogP contribution in [-0.4, -0.2) is 35.7 Å². The van der Waals surface area contributed by atoms with Crippen LogP contribution in [0.1, 0.15) is 57.1 Å². The van der Waals surface area contributed by atoms with Gasteiger partial charge in [0, 0.05) is 23.9 Å². The van der Waals surface area contributed by atoms with E-state index in [2.05, 4.69) is 42.3 Å². The first-order chi connectivity index (χ1) is 15.7. The van der Waals surface area contributed by atoms with Gasteiger partial charge in [-0.2, -0.15) is 18.0 Å². The van der Waals surface area contributed by atoms with Crippen molar-refractivity contribution in [2.24, 2.45) is 11.1 Å². The molecule has 2 atom stereocenters. The summed E-state index contributed by atoms with van der Waals surface area (Å²) in [5, 5.41) is 13.4. The molecule has 0 radical (unpaired) electrons. The van der Waals surface area contributed by atoms with Crippen molar-refractivity contribution in [1.29, 1.82) is 0 Å². The predicted molar refractivity (Wildman–Crippen MR) is 128 cm³/mol. The monoisotopic (exact) mass is 469 g/mol. The fraction of sp³-hybridized carbons (Fsp3) is 0.500. The molecule has 0 amide bonds. The molecule has 0 bridgehead atoms. The molecule has 2 aliphatic carbocycles. The normalized spacial score (nSPS) is 22.0. The quantitative estimate of drug-likeness (QED) is 0.544. The highest BCUT2D eigenvalue weighted by Gasteiger charge is 2.30. The van der Waals surface area contributed by atoms with Crippen LogP contribution in [0.15, 0.2) is 36.5 Å². The maximum Gasteiger partial charge on any atom is 0.333 e. The highest BCUT2D eigenvalue weighted by Crippen LogP contribution is 2.40. The second-order valence-electron chi connectivity index (χ2n) is 10.0. The Morgan fingerprint density at radius 3 is 2.91 bits per heavy atom. The lowest BCUT2D eigenvalue weighted by Gasteiger charge is -2.19. The third kappa shape index (κ3) is 4.76.